The summed E-state index contributed by atoms with van der Waals surface area (Å²) in [5.41, 5.74) is 6.26. The SMILES string of the molecule is CCCn1cc(Oc2ccc(C(N)=S)cc2Cl)cn1. The lowest BCUT2D eigenvalue weighted by Gasteiger charge is -2.06. The molecule has 0 saturated carbocycles. The summed E-state index contributed by atoms with van der Waals surface area (Å²) in [4.78, 5) is 0.309. The smallest absolute Gasteiger partial charge is 0.165 e. The second-order valence-corrected chi connectivity index (χ2v) is 4.90. The van der Waals surface area contributed by atoms with Crippen LogP contribution >= 0.6 is 23.8 Å². The lowest BCUT2D eigenvalue weighted by atomic mass is 10.2. The number of halogens is 1. The van der Waals surface area contributed by atoms with E-state index >= 15 is 0 Å². The van der Waals surface area contributed by atoms with Crippen molar-refractivity contribution in [1.82, 2.24) is 9.78 Å². The van der Waals surface area contributed by atoms with Crippen LogP contribution in [-0.2, 0) is 6.54 Å². The fourth-order valence-corrected chi connectivity index (χ4v) is 1.96. The summed E-state index contributed by atoms with van der Waals surface area (Å²) in [6.45, 7) is 2.95. The van der Waals surface area contributed by atoms with Crippen molar-refractivity contribution in [2.24, 2.45) is 5.73 Å². The van der Waals surface area contributed by atoms with Crippen molar-refractivity contribution in [3.63, 3.8) is 0 Å². The zero-order chi connectivity index (χ0) is 13.8. The maximum atomic E-state index is 6.12. The van der Waals surface area contributed by atoms with Crippen LogP contribution in [-0.4, -0.2) is 14.8 Å². The van der Waals surface area contributed by atoms with Gasteiger partial charge in [-0.25, -0.2) is 0 Å². The molecule has 2 rings (SSSR count). The lowest BCUT2D eigenvalue weighted by Crippen LogP contribution is -2.08. The van der Waals surface area contributed by atoms with E-state index in [0.717, 1.165) is 13.0 Å². The topological polar surface area (TPSA) is 53.1 Å². The van der Waals surface area contributed by atoms with Gasteiger partial charge >= 0.3 is 0 Å². The molecule has 0 bridgehead atoms. The average molecular weight is 296 g/mol. The predicted octanol–water partition coefficient (Wildman–Crippen LogP) is 3.37. The first-order valence-corrected chi connectivity index (χ1v) is 6.68. The van der Waals surface area contributed by atoms with Crippen molar-refractivity contribution in [1.29, 1.82) is 0 Å². The third kappa shape index (κ3) is 3.45. The van der Waals surface area contributed by atoms with Gasteiger partial charge in [0.15, 0.2) is 5.75 Å². The van der Waals surface area contributed by atoms with E-state index < -0.39 is 0 Å². The van der Waals surface area contributed by atoms with E-state index in [2.05, 4.69) is 12.0 Å². The van der Waals surface area contributed by atoms with Crippen LogP contribution < -0.4 is 10.5 Å². The molecule has 0 unspecified atom stereocenters. The first-order valence-electron chi connectivity index (χ1n) is 5.90. The van der Waals surface area contributed by atoms with E-state index in [-0.39, 0.29) is 0 Å². The highest BCUT2D eigenvalue weighted by atomic mass is 35.5. The minimum absolute atomic E-state index is 0.309. The Bertz CT molecular complexity index is 597. The standard InChI is InChI=1S/C13H14ClN3OS/c1-2-5-17-8-10(7-16-17)18-12-4-3-9(13(15)19)6-11(12)14/h3-4,6-8H,2,5H2,1H3,(H2,15,19). The normalized spacial score (nSPS) is 10.4. The van der Waals surface area contributed by atoms with Crippen molar-refractivity contribution in [2.75, 3.05) is 0 Å². The number of rotatable bonds is 5. The Balaban J connectivity index is 2.16. The Labute approximate surface area is 122 Å². The summed E-state index contributed by atoms with van der Waals surface area (Å²) in [7, 11) is 0. The Morgan fingerprint density at radius 1 is 1.53 bits per heavy atom. The minimum Gasteiger partial charge on any atom is -0.452 e. The third-order valence-corrected chi connectivity index (χ3v) is 3.04. The molecule has 0 aliphatic heterocycles. The highest BCUT2D eigenvalue weighted by molar-refractivity contribution is 7.80. The van der Waals surface area contributed by atoms with Gasteiger partial charge in [0.2, 0.25) is 0 Å². The Morgan fingerprint density at radius 3 is 2.95 bits per heavy atom. The molecule has 0 fully saturated rings. The van der Waals surface area contributed by atoms with Crippen LogP contribution in [0, 0.1) is 0 Å². The molecule has 0 radical (unpaired) electrons. The van der Waals surface area contributed by atoms with Gasteiger partial charge in [-0.3, -0.25) is 4.68 Å². The summed E-state index contributed by atoms with van der Waals surface area (Å²) in [6, 6.07) is 5.21. The van der Waals surface area contributed by atoms with E-state index in [0.29, 0.717) is 27.1 Å². The first kappa shape index (κ1) is 13.8. The van der Waals surface area contributed by atoms with E-state index in [4.69, 9.17) is 34.3 Å². The van der Waals surface area contributed by atoms with E-state index in [1.807, 2.05) is 10.9 Å². The molecule has 0 amide bonds. The van der Waals surface area contributed by atoms with E-state index in [9.17, 15) is 0 Å². The largest absolute Gasteiger partial charge is 0.452 e. The molecule has 2 N–H and O–H groups in total. The van der Waals surface area contributed by atoms with Crippen LogP contribution in [0.25, 0.3) is 0 Å². The molecule has 6 heteroatoms. The number of nitrogens with two attached hydrogens (primary N) is 1. The number of thiocarbonyl (C=S) groups is 1. The average Bonchev–Trinajstić information content (AvgIpc) is 2.79. The summed E-state index contributed by atoms with van der Waals surface area (Å²) < 4.78 is 7.50. The molecular formula is C13H14ClN3OS. The quantitative estimate of drug-likeness (QED) is 0.859. The van der Waals surface area contributed by atoms with Crippen molar-refractivity contribution in [3.8, 4) is 11.5 Å². The van der Waals surface area contributed by atoms with Gasteiger partial charge in [-0.1, -0.05) is 30.7 Å². The lowest BCUT2D eigenvalue weighted by molar-refractivity contribution is 0.481. The molecule has 0 saturated heterocycles. The third-order valence-electron chi connectivity index (χ3n) is 2.51. The summed E-state index contributed by atoms with van der Waals surface area (Å²) in [5.74, 6) is 1.20. The van der Waals surface area contributed by atoms with Crippen molar-refractivity contribution in [3.05, 3.63) is 41.2 Å². The van der Waals surface area contributed by atoms with Gasteiger partial charge < -0.3 is 10.5 Å². The number of aryl methyl sites for hydroxylation is 1. The van der Waals surface area contributed by atoms with Gasteiger partial charge in [0.1, 0.15) is 10.7 Å². The number of nitrogens with zero attached hydrogens (tertiary/aromatic N) is 2. The number of ether oxygens (including phenoxy) is 1. The molecule has 1 aromatic carbocycles. The zero-order valence-electron chi connectivity index (χ0n) is 10.5. The highest BCUT2D eigenvalue weighted by Gasteiger charge is 2.07. The van der Waals surface area contributed by atoms with Gasteiger partial charge in [0.05, 0.1) is 17.4 Å². The van der Waals surface area contributed by atoms with Crippen molar-refractivity contribution >= 4 is 28.8 Å². The molecule has 0 aliphatic rings. The highest BCUT2D eigenvalue weighted by Crippen LogP contribution is 2.29. The van der Waals surface area contributed by atoms with Gasteiger partial charge in [0.25, 0.3) is 0 Å². The fourth-order valence-electron chi connectivity index (χ4n) is 1.61. The maximum Gasteiger partial charge on any atom is 0.165 e. The van der Waals surface area contributed by atoms with Gasteiger partial charge in [-0.2, -0.15) is 5.10 Å². The van der Waals surface area contributed by atoms with Crippen LogP contribution in [0.3, 0.4) is 0 Å². The first-order chi connectivity index (χ1) is 9.10. The van der Waals surface area contributed by atoms with Crippen LogP contribution in [0.4, 0.5) is 0 Å². The van der Waals surface area contributed by atoms with Crippen LogP contribution in [0.15, 0.2) is 30.6 Å². The zero-order valence-corrected chi connectivity index (χ0v) is 12.0. The minimum atomic E-state index is 0.309. The Kier molecular flexibility index (Phi) is 4.39. The Morgan fingerprint density at radius 2 is 2.32 bits per heavy atom. The Hall–Kier alpha value is -1.59. The molecule has 0 atom stereocenters. The molecule has 100 valence electrons. The molecular weight excluding hydrogens is 282 g/mol. The molecule has 4 nitrogen and oxygen atoms in total. The monoisotopic (exact) mass is 295 g/mol. The fraction of sp³-hybridized carbons (Fsp3) is 0.231. The van der Waals surface area contributed by atoms with Crippen LogP contribution in [0.2, 0.25) is 5.02 Å². The van der Waals surface area contributed by atoms with Crippen LogP contribution in [0.5, 0.6) is 11.5 Å². The number of hydrogen-bond acceptors (Lipinski definition) is 3. The second kappa shape index (κ2) is 6.04. The van der Waals surface area contributed by atoms with Gasteiger partial charge in [0, 0.05) is 12.1 Å². The molecule has 1 heterocycles. The second-order valence-electron chi connectivity index (χ2n) is 4.05. The van der Waals surface area contributed by atoms with E-state index in [1.165, 1.54) is 0 Å². The number of hydrogen-bond donors (Lipinski definition) is 1. The summed E-state index contributed by atoms with van der Waals surface area (Å²) in [5, 5.41) is 4.65. The van der Waals surface area contributed by atoms with Gasteiger partial charge in [-0.05, 0) is 24.6 Å². The molecule has 0 spiro atoms. The molecule has 2 aromatic rings. The van der Waals surface area contributed by atoms with Crippen molar-refractivity contribution in [2.45, 2.75) is 19.9 Å². The summed E-state index contributed by atoms with van der Waals surface area (Å²) in [6.07, 6.45) is 4.51. The van der Waals surface area contributed by atoms with Gasteiger partial charge in [-0.15, -0.1) is 0 Å². The van der Waals surface area contributed by atoms with Crippen molar-refractivity contribution < 1.29 is 4.74 Å². The maximum absolute atomic E-state index is 6.12. The number of benzene rings is 1. The molecule has 0 aliphatic carbocycles. The van der Waals surface area contributed by atoms with E-state index in [1.54, 1.807) is 24.4 Å². The molecule has 19 heavy (non-hydrogen) atoms. The number of aromatic nitrogens is 2. The van der Waals surface area contributed by atoms with Crippen LogP contribution in [0.1, 0.15) is 18.9 Å². The molecule has 1 aromatic heterocycles. The summed E-state index contributed by atoms with van der Waals surface area (Å²) >= 11 is 11.0. The predicted molar refractivity (Wildman–Crippen MR) is 79.9 cm³/mol.